The normalized spacial score (nSPS) is 10.9. The van der Waals surface area contributed by atoms with Gasteiger partial charge in [-0.2, -0.15) is 13.2 Å². The van der Waals surface area contributed by atoms with Gasteiger partial charge < -0.3 is 9.73 Å². The summed E-state index contributed by atoms with van der Waals surface area (Å²) in [5.41, 5.74) is 1.44. The van der Waals surface area contributed by atoms with Crippen molar-refractivity contribution in [3.8, 4) is 11.5 Å². The second kappa shape index (κ2) is 12.1. The molecule has 0 atom stereocenters. The number of aldehydes is 1. The van der Waals surface area contributed by atoms with Gasteiger partial charge in [0, 0.05) is 36.8 Å². The summed E-state index contributed by atoms with van der Waals surface area (Å²) >= 11 is 1.46. The lowest BCUT2D eigenvalue weighted by Crippen LogP contribution is -2.25. The molecule has 0 spiro atoms. The summed E-state index contributed by atoms with van der Waals surface area (Å²) in [5, 5.41) is 2.87. The SMILES string of the molecule is CC(F)(F)F.O=Cc1ccc(CCCC(=O)NCCc2coc(-c3ccc(F)cc3)n2)s1. The van der Waals surface area contributed by atoms with E-state index in [-0.39, 0.29) is 18.6 Å². The first-order chi connectivity index (χ1) is 15.1. The Bertz CT molecular complexity index is 991. The molecule has 0 saturated carbocycles. The number of aryl methyl sites for hydroxylation is 1. The Kier molecular flexibility index (Phi) is 9.58. The molecule has 172 valence electrons. The Hall–Kier alpha value is -3.01. The molecule has 0 bridgehead atoms. The molecule has 32 heavy (non-hydrogen) atoms. The van der Waals surface area contributed by atoms with Crippen molar-refractivity contribution in [1.82, 2.24) is 10.3 Å². The highest BCUT2D eigenvalue weighted by Gasteiger charge is 2.15. The molecule has 0 saturated heterocycles. The molecule has 10 heteroatoms. The van der Waals surface area contributed by atoms with Gasteiger partial charge in [-0.15, -0.1) is 11.3 Å². The summed E-state index contributed by atoms with van der Waals surface area (Å²) in [5.74, 6) is 0.114. The fourth-order valence-corrected chi connectivity index (χ4v) is 3.45. The van der Waals surface area contributed by atoms with E-state index >= 15 is 0 Å². The fraction of sp³-hybridized carbons (Fsp3) is 0.318. The smallest absolute Gasteiger partial charge is 0.386 e. The van der Waals surface area contributed by atoms with E-state index in [0.29, 0.717) is 35.7 Å². The third kappa shape index (κ3) is 9.86. The van der Waals surface area contributed by atoms with Gasteiger partial charge in [0.25, 0.3) is 0 Å². The molecule has 0 aliphatic carbocycles. The monoisotopic (exact) mass is 470 g/mol. The minimum Gasteiger partial charge on any atom is -0.444 e. The largest absolute Gasteiger partial charge is 0.444 e. The number of hydrogen-bond acceptors (Lipinski definition) is 5. The first kappa shape index (κ1) is 25.3. The first-order valence-corrected chi connectivity index (χ1v) is 10.5. The molecule has 5 nitrogen and oxygen atoms in total. The number of thiophene rings is 1. The number of oxazole rings is 1. The zero-order valence-electron chi connectivity index (χ0n) is 17.2. The van der Waals surface area contributed by atoms with Crippen LogP contribution in [-0.2, 0) is 17.6 Å². The zero-order chi connectivity index (χ0) is 23.6. The second-order valence-electron chi connectivity index (χ2n) is 6.81. The lowest BCUT2D eigenvalue weighted by Gasteiger charge is -2.03. The van der Waals surface area contributed by atoms with E-state index in [1.807, 2.05) is 6.07 Å². The predicted octanol–water partition coefficient (Wildman–Crippen LogP) is 5.60. The lowest BCUT2D eigenvalue weighted by atomic mass is 10.2. The van der Waals surface area contributed by atoms with Crippen LogP contribution in [0, 0.1) is 5.82 Å². The van der Waals surface area contributed by atoms with Gasteiger partial charge in [-0.25, -0.2) is 9.37 Å². The van der Waals surface area contributed by atoms with Crippen LogP contribution in [0.25, 0.3) is 11.5 Å². The van der Waals surface area contributed by atoms with Crippen LogP contribution in [0.1, 0.15) is 40.0 Å². The highest BCUT2D eigenvalue weighted by molar-refractivity contribution is 7.13. The Balaban J connectivity index is 0.000000654. The molecular weight excluding hydrogens is 448 g/mol. The fourth-order valence-electron chi connectivity index (χ4n) is 2.58. The number of amides is 1. The van der Waals surface area contributed by atoms with Crippen LogP contribution in [0.2, 0.25) is 0 Å². The van der Waals surface area contributed by atoms with Crippen molar-refractivity contribution < 1.29 is 31.6 Å². The average molecular weight is 470 g/mol. The van der Waals surface area contributed by atoms with Crippen molar-refractivity contribution in [3.63, 3.8) is 0 Å². The van der Waals surface area contributed by atoms with E-state index < -0.39 is 6.18 Å². The van der Waals surface area contributed by atoms with E-state index in [2.05, 4.69) is 10.3 Å². The number of halogens is 4. The molecule has 0 aliphatic heterocycles. The van der Waals surface area contributed by atoms with Gasteiger partial charge in [-0.1, -0.05) is 0 Å². The van der Waals surface area contributed by atoms with E-state index in [9.17, 15) is 27.2 Å². The number of carbonyl (C=O) groups is 2. The van der Waals surface area contributed by atoms with Gasteiger partial charge >= 0.3 is 6.18 Å². The number of carbonyl (C=O) groups excluding carboxylic acids is 2. The molecule has 1 N–H and O–H groups in total. The van der Waals surface area contributed by atoms with Crippen LogP contribution in [-0.4, -0.2) is 29.9 Å². The van der Waals surface area contributed by atoms with Gasteiger partial charge in [-0.05, 0) is 49.2 Å². The molecule has 0 fully saturated rings. The molecule has 1 aromatic carbocycles. The third-order valence-electron chi connectivity index (χ3n) is 3.97. The van der Waals surface area contributed by atoms with Crippen molar-refractivity contribution in [3.05, 3.63) is 63.9 Å². The molecule has 2 aromatic heterocycles. The Morgan fingerprint density at radius 3 is 2.47 bits per heavy atom. The minimum atomic E-state index is -4.00. The maximum Gasteiger partial charge on any atom is 0.386 e. The van der Waals surface area contributed by atoms with Gasteiger partial charge in [-0.3, -0.25) is 9.59 Å². The van der Waals surface area contributed by atoms with Crippen molar-refractivity contribution in [2.24, 2.45) is 0 Å². The molecular formula is C22H22F4N2O3S. The van der Waals surface area contributed by atoms with E-state index in [1.165, 1.54) is 23.5 Å². The van der Waals surface area contributed by atoms with Crippen LogP contribution in [0.5, 0.6) is 0 Å². The number of benzene rings is 1. The van der Waals surface area contributed by atoms with Gasteiger partial charge in [0.15, 0.2) is 6.29 Å². The van der Waals surface area contributed by atoms with Crippen molar-refractivity contribution in [2.45, 2.75) is 38.8 Å². The maximum atomic E-state index is 12.9. The van der Waals surface area contributed by atoms with Crippen molar-refractivity contribution >= 4 is 23.5 Å². The van der Waals surface area contributed by atoms with Crippen LogP contribution in [0.3, 0.4) is 0 Å². The van der Waals surface area contributed by atoms with Crippen molar-refractivity contribution in [1.29, 1.82) is 0 Å². The van der Waals surface area contributed by atoms with E-state index in [1.54, 1.807) is 24.5 Å². The standard InChI is InChI=1S/C20H19FN2O3S.C2H3F3/c21-15-6-4-14(5-7-15)20-23-16(13-26-20)10-11-22-19(25)3-1-2-17-8-9-18(12-24)27-17;1-2(3,4)5/h4-9,12-13H,1-3,10-11H2,(H,22,25);1H3. The second-order valence-corrected chi connectivity index (χ2v) is 8.01. The summed E-state index contributed by atoms with van der Waals surface area (Å²) in [6.45, 7) is 0.662. The number of rotatable bonds is 9. The third-order valence-corrected chi connectivity index (χ3v) is 5.04. The number of hydrogen-bond donors (Lipinski definition) is 1. The number of nitrogens with one attached hydrogen (secondary N) is 1. The quantitative estimate of drug-likeness (QED) is 0.326. The topological polar surface area (TPSA) is 72.2 Å². The average Bonchev–Trinajstić information content (AvgIpc) is 3.37. The summed E-state index contributed by atoms with van der Waals surface area (Å²) in [4.78, 5) is 28.7. The zero-order valence-corrected chi connectivity index (χ0v) is 18.1. The molecule has 2 heterocycles. The molecule has 3 aromatic rings. The Labute approximate surface area is 186 Å². The number of alkyl halides is 3. The molecule has 0 radical (unpaired) electrons. The molecule has 0 unspecified atom stereocenters. The molecule has 3 rings (SSSR count). The maximum absolute atomic E-state index is 12.9. The minimum absolute atomic E-state index is 0.00980. The summed E-state index contributed by atoms with van der Waals surface area (Å²) < 4.78 is 49.4. The summed E-state index contributed by atoms with van der Waals surface area (Å²) in [7, 11) is 0. The number of nitrogens with zero attached hydrogens (tertiary/aromatic N) is 1. The van der Waals surface area contributed by atoms with Crippen LogP contribution >= 0.6 is 11.3 Å². The molecule has 1 amide bonds. The lowest BCUT2D eigenvalue weighted by molar-refractivity contribution is -0.121. The highest BCUT2D eigenvalue weighted by atomic mass is 32.1. The van der Waals surface area contributed by atoms with Gasteiger partial charge in [0.2, 0.25) is 11.8 Å². The van der Waals surface area contributed by atoms with Crippen LogP contribution < -0.4 is 5.32 Å². The molecule has 0 aliphatic rings. The summed E-state index contributed by atoms with van der Waals surface area (Å²) in [6.07, 6.45) is 0.913. The Morgan fingerprint density at radius 2 is 1.84 bits per heavy atom. The van der Waals surface area contributed by atoms with Crippen LogP contribution in [0.4, 0.5) is 17.6 Å². The Morgan fingerprint density at radius 1 is 1.16 bits per heavy atom. The first-order valence-electron chi connectivity index (χ1n) is 9.71. The van der Waals surface area contributed by atoms with Gasteiger partial charge in [0.1, 0.15) is 12.1 Å². The summed E-state index contributed by atoms with van der Waals surface area (Å²) in [6, 6.07) is 9.66. The predicted molar refractivity (Wildman–Crippen MR) is 113 cm³/mol. The number of aromatic nitrogens is 1. The van der Waals surface area contributed by atoms with E-state index in [0.717, 1.165) is 29.7 Å². The van der Waals surface area contributed by atoms with Gasteiger partial charge in [0.05, 0.1) is 10.6 Å². The van der Waals surface area contributed by atoms with Crippen molar-refractivity contribution in [2.75, 3.05) is 6.54 Å². The van der Waals surface area contributed by atoms with E-state index in [4.69, 9.17) is 4.42 Å². The van der Waals surface area contributed by atoms with Crippen LogP contribution in [0.15, 0.2) is 47.1 Å². The highest BCUT2D eigenvalue weighted by Crippen LogP contribution is 2.19.